The van der Waals surface area contributed by atoms with Crippen molar-refractivity contribution in [3.63, 3.8) is 0 Å². The third-order valence-electron chi connectivity index (χ3n) is 5.03. The Morgan fingerprint density at radius 3 is 2.58 bits per heavy atom. The molecule has 0 aliphatic heterocycles. The van der Waals surface area contributed by atoms with Crippen LogP contribution in [0.2, 0.25) is 10.2 Å². The number of fused-ring (bicyclic) bond motifs is 5. The van der Waals surface area contributed by atoms with E-state index in [9.17, 15) is 4.79 Å². The number of nitrogens with one attached hydrogen (secondary N) is 1. The summed E-state index contributed by atoms with van der Waals surface area (Å²) in [5.74, 6) is 3.29. The lowest BCUT2D eigenvalue weighted by Gasteiger charge is -2.10. The van der Waals surface area contributed by atoms with Crippen LogP contribution in [0.25, 0.3) is 0 Å². The predicted octanol–water partition coefficient (Wildman–Crippen LogP) is 3.01. The van der Waals surface area contributed by atoms with E-state index in [1.54, 1.807) is 0 Å². The van der Waals surface area contributed by atoms with Gasteiger partial charge < -0.3 is 5.32 Å². The molecular weight excluding hydrogens is 285 g/mol. The molecular formula is C13H13Cl2N3O. The molecule has 1 N–H and O–H groups in total. The molecule has 3 fully saturated rings. The zero-order valence-electron chi connectivity index (χ0n) is 10.1. The Labute approximate surface area is 120 Å². The molecule has 19 heavy (non-hydrogen) atoms. The Hall–Kier alpha value is -0.870. The van der Waals surface area contributed by atoms with Crippen LogP contribution in [-0.4, -0.2) is 15.9 Å². The molecule has 4 atom stereocenters. The van der Waals surface area contributed by atoms with E-state index in [2.05, 4.69) is 15.3 Å². The number of rotatable bonds is 2. The normalized spacial score (nSPS) is 38.1. The van der Waals surface area contributed by atoms with E-state index in [1.165, 1.54) is 25.6 Å². The molecule has 6 heteroatoms. The quantitative estimate of drug-likeness (QED) is 0.854. The number of halogens is 2. The number of carbonyl (C=O) groups excluding carboxylic acids is 1. The molecule has 100 valence electrons. The molecule has 1 heterocycles. The SMILES string of the molecule is O=C(Nc1ncnc(Cl)c1Cl)C1C2C3CCC(C3)C12. The third-order valence-corrected chi connectivity index (χ3v) is 5.77. The second kappa shape index (κ2) is 4.06. The minimum atomic E-state index is 0.0447. The van der Waals surface area contributed by atoms with Crippen LogP contribution in [0.4, 0.5) is 5.82 Å². The van der Waals surface area contributed by atoms with Crippen molar-refractivity contribution in [3.8, 4) is 0 Å². The Bertz CT molecular complexity index is 549. The predicted molar refractivity (Wildman–Crippen MR) is 72.0 cm³/mol. The summed E-state index contributed by atoms with van der Waals surface area (Å²) in [6.45, 7) is 0. The van der Waals surface area contributed by atoms with Gasteiger partial charge in [-0.3, -0.25) is 4.79 Å². The number of aromatic nitrogens is 2. The fourth-order valence-corrected chi connectivity index (χ4v) is 4.59. The second-order valence-corrected chi connectivity index (χ2v) is 6.57. The maximum Gasteiger partial charge on any atom is 0.229 e. The molecule has 1 amide bonds. The van der Waals surface area contributed by atoms with E-state index in [0.717, 1.165) is 11.8 Å². The number of nitrogens with zero attached hydrogens (tertiary/aromatic N) is 2. The van der Waals surface area contributed by atoms with Crippen molar-refractivity contribution in [1.82, 2.24) is 9.97 Å². The largest absolute Gasteiger partial charge is 0.309 e. The van der Waals surface area contributed by atoms with Gasteiger partial charge in [0.1, 0.15) is 11.3 Å². The Kier molecular flexibility index (Phi) is 2.55. The van der Waals surface area contributed by atoms with Gasteiger partial charge >= 0.3 is 0 Å². The lowest BCUT2D eigenvalue weighted by molar-refractivity contribution is -0.118. The minimum absolute atomic E-state index is 0.0447. The fourth-order valence-electron chi connectivity index (χ4n) is 4.31. The van der Waals surface area contributed by atoms with Crippen molar-refractivity contribution in [2.45, 2.75) is 19.3 Å². The highest BCUT2D eigenvalue weighted by atomic mass is 35.5. The van der Waals surface area contributed by atoms with E-state index in [1.807, 2.05) is 0 Å². The van der Waals surface area contributed by atoms with Crippen LogP contribution in [0.1, 0.15) is 19.3 Å². The molecule has 4 rings (SSSR count). The van der Waals surface area contributed by atoms with E-state index >= 15 is 0 Å². The molecule has 4 nitrogen and oxygen atoms in total. The molecule has 0 spiro atoms. The molecule has 0 saturated heterocycles. The Morgan fingerprint density at radius 2 is 1.89 bits per heavy atom. The van der Waals surface area contributed by atoms with Crippen LogP contribution >= 0.6 is 23.2 Å². The van der Waals surface area contributed by atoms with Gasteiger partial charge in [0.05, 0.1) is 0 Å². The molecule has 1 aromatic heterocycles. The van der Waals surface area contributed by atoms with Gasteiger partial charge in [0, 0.05) is 5.92 Å². The van der Waals surface area contributed by atoms with Crippen LogP contribution in [-0.2, 0) is 4.79 Å². The topological polar surface area (TPSA) is 54.9 Å². The summed E-state index contributed by atoms with van der Waals surface area (Å²) in [5.41, 5.74) is 0. The molecule has 1 aromatic rings. The summed E-state index contributed by atoms with van der Waals surface area (Å²) in [6, 6.07) is 0. The maximum absolute atomic E-state index is 12.3. The van der Waals surface area contributed by atoms with Crippen molar-refractivity contribution in [2.24, 2.45) is 29.6 Å². The van der Waals surface area contributed by atoms with Gasteiger partial charge in [0.25, 0.3) is 0 Å². The zero-order chi connectivity index (χ0) is 13.1. The monoisotopic (exact) mass is 297 g/mol. The summed E-state index contributed by atoms with van der Waals surface area (Å²) >= 11 is 11.8. The van der Waals surface area contributed by atoms with Gasteiger partial charge in [-0.05, 0) is 42.9 Å². The zero-order valence-corrected chi connectivity index (χ0v) is 11.7. The highest BCUT2D eigenvalue weighted by Gasteiger charge is 2.67. The van der Waals surface area contributed by atoms with Crippen LogP contribution in [0, 0.1) is 29.6 Å². The van der Waals surface area contributed by atoms with Crippen LogP contribution in [0.15, 0.2) is 6.33 Å². The lowest BCUT2D eigenvalue weighted by atomic mass is 10.0. The van der Waals surface area contributed by atoms with Crippen molar-refractivity contribution in [3.05, 3.63) is 16.5 Å². The Morgan fingerprint density at radius 1 is 1.21 bits per heavy atom. The molecule has 4 unspecified atom stereocenters. The van der Waals surface area contributed by atoms with E-state index in [0.29, 0.717) is 17.7 Å². The molecule has 2 bridgehead atoms. The average molecular weight is 298 g/mol. The lowest BCUT2D eigenvalue weighted by Crippen LogP contribution is -2.19. The minimum Gasteiger partial charge on any atom is -0.309 e. The summed E-state index contributed by atoms with van der Waals surface area (Å²) in [6.07, 6.45) is 5.24. The van der Waals surface area contributed by atoms with Crippen LogP contribution in [0.5, 0.6) is 0 Å². The summed E-state index contributed by atoms with van der Waals surface area (Å²) in [4.78, 5) is 20.0. The Balaban J connectivity index is 1.50. The van der Waals surface area contributed by atoms with Crippen LogP contribution < -0.4 is 5.32 Å². The van der Waals surface area contributed by atoms with E-state index in [-0.39, 0.29) is 22.0 Å². The van der Waals surface area contributed by atoms with E-state index in [4.69, 9.17) is 23.2 Å². The van der Waals surface area contributed by atoms with Gasteiger partial charge in [0.15, 0.2) is 11.0 Å². The van der Waals surface area contributed by atoms with Gasteiger partial charge in [-0.25, -0.2) is 9.97 Å². The average Bonchev–Trinajstić information content (AvgIpc) is 2.84. The maximum atomic E-state index is 12.3. The first-order chi connectivity index (χ1) is 9.16. The standard InChI is InChI=1S/C13H13Cl2N3O/c14-10-11(15)16-4-17-12(10)18-13(19)9-7-5-1-2-6(3-5)8(7)9/h4-9H,1-3H2,(H,16,17,18,19). The molecule has 3 saturated carbocycles. The fraction of sp³-hybridized carbons (Fsp3) is 0.615. The smallest absolute Gasteiger partial charge is 0.229 e. The highest BCUT2D eigenvalue weighted by Crippen LogP contribution is 2.69. The van der Waals surface area contributed by atoms with Crippen molar-refractivity contribution in [1.29, 1.82) is 0 Å². The van der Waals surface area contributed by atoms with Gasteiger partial charge in [0.2, 0.25) is 5.91 Å². The van der Waals surface area contributed by atoms with Crippen molar-refractivity contribution < 1.29 is 4.79 Å². The van der Waals surface area contributed by atoms with Gasteiger partial charge in [-0.2, -0.15) is 0 Å². The summed E-state index contributed by atoms with van der Waals surface area (Å²) in [7, 11) is 0. The number of amides is 1. The molecule has 3 aliphatic rings. The van der Waals surface area contributed by atoms with Crippen molar-refractivity contribution >= 4 is 34.9 Å². The highest BCUT2D eigenvalue weighted by molar-refractivity contribution is 6.42. The molecule has 3 aliphatic carbocycles. The molecule has 0 radical (unpaired) electrons. The number of anilines is 1. The first-order valence-electron chi connectivity index (χ1n) is 6.63. The molecule has 0 aromatic carbocycles. The number of carbonyl (C=O) groups is 1. The van der Waals surface area contributed by atoms with Gasteiger partial charge in [-0.1, -0.05) is 23.2 Å². The second-order valence-electron chi connectivity index (χ2n) is 5.83. The number of hydrogen-bond donors (Lipinski definition) is 1. The van der Waals surface area contributed by atoms with Crippen molar-refractivity contribution in [2.75, 3.05) is 5.32 Å². The van der Waals surface area contributed by atoms with E-state index < -0.39 is 0 Å². The first kappa shape index (κ1) is 11.9. The summed E-state index contributed by atoms with van der Waals surface area (Å²) in [5, 5.41) is 3.19. The van der Waals surface area contributed by atoms with Crippen LogP contribution in [0.3, 0.4) is 0 Å². The number of hydrogen-bond acceptors (Lipinski definition) is 3. The summed E-state index contributed by atoms with van der Waals surface area (Å²) < 4.78 is 0. The third kappa shape index (κ3) is 1.69. The van der Waals surface area contributed by atoms with Gasteiger partial charge in [-0.15, -0.1) is 0 Å². The first-order valence-corrected chi connectivity index (χ1v) is 7.39.